The maximum Gasteiger partial charge on any atom is 0.254 e. The Balaban J connectivity index is 1.64. The van der Waals surface area contributed by atoms with Crippen LogP contribution in [0.1, 0.15) is 21.6 Å². The van der Waals surface area contributed by atoms with E-state index in [1.165, 1.54) is 6.07 Å². The van der Waals surface area contributed by atoms with Gasteiger partial charge in [0.05, 0.1) is 22.8 Å². The number of aromatic nitrogens is 1. The van der Waals surface area contributed by atoms with E-state index in [1.807, 2.05) is 30.5 Å². The number of carbonyl (C=O) groups excluding carboxylic acids is 1. The summed E-state index contributed by atoms with van der Waals surface area (Å²) < 4.78 is 5.45. The van der Waals surface area contributed by atoms with Crippen LogP contribution in [0, 0.1) is 0 Å². The third-order valence-corrected chi connectivity index (χ3v) is 5.82. The third kappa shape index (κ3) is 3.31. The van der Waals surface area contributed by atoms with Crippen molar-refractivity contribution in [2.45, 2.75) is 17.9 Å². The summed E-state index contributed by atoms with van der Waals surface area (Å²) >= 11 is 7.60. The van der Waals surface area contributed by atoms with Gasteiger partial charge in [0.1, 0.15) is 11.5 Å². The molecule has 1 aliphatic rings. The van der Waals surface area contributed by atoms with Crippen molar-refractivity contribution < 1.29 is 19.5 Å². The van der Waals surface area contributed by atoms with Crippen LogP contribution in [0.25, 0.3) is 11.3 Å². The van der Waals surface area contributed by atoms with Gasteiger partial charge in [-0.15, -0.1) is 11.8 Å². The summed E-state index contributed by atoms with van der Waals surface area (Å²) in [5, 5.41) is 24.0. The number of fused-ring (bicyclic) bond motifs is 1. The summed E-state index contributed by atoms with van der Waals surface area (Å²) in [5.74, 6) is -0.109. The van der Waals surface area contributed by atoms with Gasteiger partial charge in [-0.3, -0.25) is 4.79 Å². The Morgan fingerprint density at radius 3 is 2.68 bits per heavy atom. The van der Waals surface area contributed by atoms with Gasteiger partial charge in [0, 0.05) is 35.1 Å². The van der Waals surface area contributed by atoms with Crippen molar-refractivity contribution in [2.75, 3.05) is 12.8 Å². The first-order chi connectivity index (χ1) is 13.5. The summed E-state index contributed by atoms with van der Waals surface area (Å²) in [6.07, 6.45) is 2.54. The maximum atomic E-state index is 12.9. The molecule has 0 bridgehead atoms. The smallest absolute Gasteiger partial charge is 0.254 e. The molecule has 0 aliphatic carbocycles. The van der Waals surface area contributed by atoms with Gasteiger partial charge in [0.25, 0.3) is 5.91 Å². The number of nitrogens with zero attached hydrogens (tertiary/aromatic N) is 2. The van der Waals surface area contributed by atoms with E-state index in [2.05, 4.69) is 5.16 Å². The molecule has 2 N–H and O–H groups in total. The molecule has 3 aromatic rings. The molecule has 1 amide bonds. The van der Waals surface area contributed by atoms with E-state index in [4.69, 9.17) is 16.1 Å². The van der Waals surface area contributed by atoms with Crippen molar-refractivity contribution >= 4 is 29.3 Å². The second kappa shape index (κ2) is 7.41. The third-order valence-electron chi connectivity index (χ3n) is 4.77. The zero-order chi connectivity index (χ0) is 19.8. The van der Waals surface area contributed by atoms with Gasteiger partial charge in [-0.05, 0) is 36.6 Å². The minimum absolute atomic E-state index is 0.0709. The zero-order valence-electron chi connectivity index (χ0n) is 15.0. The van der Waals surface area contributed by atoms with Gasteiger partial charge >= 0.3 is 0 Å². The van der Waals surface area contributed by atoms with E-state index in [-0.39, 0.29) is 22.4 Å². The number of hydrogen-bond acceptors (Lipinski definition) is 6. The number of halogens is 1. The Hall–Kier alpha value is -2.64. The molecule has 2 aromatic carbocycles. The van der Waals surface area contributed by atoms with E-state index in [0.29, 0.717) is 36.4 Å². The molecular weight excluding hydrogens is 400 g/mol. The quantitative estimate of drug-likeness (QED) is 0.618. The molecule has 0 saturated heterocycles. The van der Waals surface area contributed by atoms with Crippen molar-refractivity contribution in [3.63, 3.8) is 0 Å². The van der Waals surface area contributed by atoms with Gasteiger partial charge in [0.15, 0.2) is 5.76 Å². The molecule has 1 aromatic heterocycles. The second-order valence-electron chi connectivity index (χ2n) is 6.46. The summed E-state index contributed by atoms with van der Waals surface area (Å²) in [7, 11) is 0. The zero-order valence-corrected chi connectivity index (χ0v) is 16.5. The molecule has 8 heteroatoms. The fourth-order valence-electron chi connectivity index (χ4n) is 3.25. The summed E-state index contributed by atoms with van der Waals surface area (Å²) in [4.78, 5) is 15.7. The van der Waals surface area contributed by atoms with Crippen LogP contribution in [-0.4, -0.2) is 39.0 Å². The maximum absolute atomic E-state index is 12.9. The number of phenols is 2. The van der Waals surface area contributed by atoms with E-state index in [0.717, 1.165) is 22.2 Å². The predicted molar refractivity (Wildman–Crippen MR) is 107 cm³/mol. The second-order valence-corrected chi connectivity index (χ2v) is 7.75. The highest BCUT2D eigenvalue weighted by Crippen LogP contribution is 2.40. The summed E-state index contributed by atoms with van der Waals surface area (Å²) in [6, 6.07) is 10.1. The molecule has 144 valence electrons. The summed E-state index contributed by atoms with van der Waals surface area (Å²) in [6.45, 7) is 0.847. The molecule has 2 heterocycles. The number of phenolic OH excluding ortho intramolecular Hbond substituents is 2. The Kier molecular flexibility index (Phi) is 4.95. The minimum atomic E-state index is -0.221. The lowest BCUT2D eigenvalue weighted by atomic mass is 10.00. The number of carbonyl (C=O) groups is 1. The van der Waals surface area contributed by atoms with E-state index in [1.54, 1.807) is 16.7 Å². The van der Waals surface area contributed by atoms with Crippen LogP contribution in [0.15, 0.2) is 45.8 Å². The van der Waals surface area contributed by atoms with Crippen molar-refractivity contribution in [3.8, 4) is 22.8 Å². The number of thioether (sulfide) groups is 1. The Morgan fingerprint density at radius 1 is 1.21 bits per heavy atom. The highest BCUT2D eigenvalue weighted by Gasteiger charge is 2.29. The number of aromatic hydroxyl groups is 2. The standard InChI is InChI=1S/C20H17ClN2O4S/c1-28-12-4-2-11(3-5-12)20(26)23-7-6-16-14(10-23)19(27-22-16)13-8-15(21)18(25)9-17(13)24/h2-5,8-9,24-25H,6-7,10H2,1H3. The minimum Gasteiger partial charge on any atom is -0.507 e. The molecule has 0 saturated carbocycles. The lowest BCUT2D eigenvalue weighted by Gasteiger charge is -2.26. The van der Waals surface area contributed by atoms with Crippen LogP contribution in [0.5, 0.6) is 11.5 Å². The van der Waals surface area contributed by atoms with E-state index < -0.39 is 0 Å². The van der Waals surface area contributed by atoms with E-state index in [9.17, 15) is 15.0 Å². The van der Waals surface area contributed by atoms with Crippen LogP contribution in [0.3, 0.4) is 0 Å². The molecule has 0 unspecified atom stereocenters. The fraction of sp³-hybridized carbons (Fsp3) is 0.200. The van der Waals surface area contributed by atoms with Gasteiger partial charge in [-0.2, -0.15) is 0 Å². The molecule has 4 rings (SSSR count). The highest BCUT2D eigenvalue weighted by atomic mass is 35.5. The number of benzene rings is 2. The SMILES string of the molecule is CSc1ccc(C(=O)N2CCc3noc(-c4cc(Cl)c(O)cc4O)c3C2)cc1. The Morgan fingerprint density at radius 2 is 1.96 bits per heavy atom. The lowest BCUT2D eigenvalue weighted by Crippen LogP contribution is -2.35. The molecule has 0 radical (unpaired) electrons. The average Bonchev–Trinajstić information content (AvgIpc) is 3.13. The van der Waals surface area contributed by atoms with Crippen LogP contribution in [-0.2, 0) is 13.0 Å². The molecule has 1 aliphatic heterocycles. The van der Waals surface area contributed by atoms with Gasteiger partial charge in [-0.25, -0.2) is 0 Å². The summed E-state index contributed by atoms with van der Waals surface area (Å²) in [5.41, 5.74) is 2.43. The highest BCUT2D eigenvalue weighted by molar-refractivity contribution is 7.98. The molecule has 0 atom stereocenters. The van der Waals surface area contributed by atoms with Gasteiger partial charge in [0.2, 0.25) is 0 Å². The van der Waals surface area contributed by atoms with Crippen molar-refractivity contribution in [1.82, 2.24) is 10.1 Å². The molecule has 0 fully saturated rings. The number of rotatable bonds is 3. The monoisotopic (exact) mass is 416 g/mol. The van der Waals surface area contributed by atoms with Crippen molar-refractivity contribution in [3.05, 3.63) is 58.2 Å². The molecule has 6 nitrogen and oxygen atoms in total. The first-order valence-corrected chi connectivity index (χ1v) is 10.2. The van der Waals surface area contributed by atoms with Gasteiger partial charge < -0.3 is 19.6 Å². The molecular formula is C20H17ClN2O4S. The van der Waals surface area contributed by atoms with Crippen LogP contribution in [0.4, 0.5) is 0 Å². The molecule has 28 heavy (non-hydrogen) atoms. The van der Waals surface area contributed by atoms with Crippen molar-refractivity contribution in [2.24, 2.45) is 0 Å². The topological polar surface area (TPSA) is 86.8 Å². The van der Waals surface area contributed by atoms with Gasteiger partial charge in [-0.1, -0.05) is 16.8 Å². The largest absolute Gasteiger partial charge is 0.507 e. The predicted octanol–water partition coefficient (Wildman–Crippen LogP) is 4.33. The van der Waals surface area contributed by atoms with E-state index >= 15 is 0 Å². The van der Waals surface area contributed by atoms with Crippen LogP contribution < -0.4 is 0 Å². The normalized spacial score (nSPS) is 13.4. The van der Waals surface area contributed by atoms with Crippen molar-refractivity contribution in [1.29, 1.82) is 0 Å². The number of hydrogen-bond donors (Lipinski definition) is 2. The first-order valence-electron chi connectivity index (χ1n) is 8.60. The Bertz CT molecular complexity index is 1050. The first kappa shape index (κ1) is 18.7. The lowest BCUT2D eigenvalue weighted by molar-refractivity contribution is 0.0734. The van der Waals surface area contributed by atoms with Crippen LogP contribution in [0.2, 0.25) is 5.02 Å². The fourth-order valence-corrected chi connectivity index (χ4v) is 3.82. The molecule has 0 spiro atoms. The number of amides is 1. The van der Waals surface area contributed by atoms with Crippen LogP contribution >= 0.6 is 23.4 Å². The average molecular weight is 417 g/mol. The Labute approximate surface area is 170 Å².